The van der Waals surface area contributed by atoms with Gasteiger partial charge >= 0.3 is 0 Å². The van der Waals surface area contributed by atoms with Crippen molar-refractivity contribution in [2.75, 3.05) is 6.54 Å². The Labute approximate surface area is 110 Å². The normalized spacial score (nSPS) is 18.6. The van der Waals surface area contributed by atoms with Crippen molar-refractivity contribution in [2.24, 2.45) is 5.92 Å². The summed E-state index contributed by atoms with van der Waals surface area (Å²) in [6.45, 7) is 5.57. The zero-order valence-corrected chi connectivity index (χ0v) is 11.5. The van der Waals surface area contributed by atoms with Crippen molar-refractivity contribution in [1.29, 1.82) is 0 Å². The Morgan fingerprint density at radius 3 is 2.50 bits per heavy atom. The van der Waals surface area contributed by atoms with Gasteiger partial charge in [-0.3, -0.25) is 0 Å². The Kier molecular flexibility index (Phi) is 4.76. The second-order valence-corrected chi connectivity index (χ2v) is 5.61. The molecule has 0 amide bonds. The monoisotopic (exact) mass is 249 g/mol. The highest BCUT2D eigenvalue weighted by atomic mass is 19.1. The van der Waals surface area contributed by atoms with Gasteiger partial charge in [0.05, 0.1) is 0 Å². The van der Waals surface area contributed by atoms with Crippen LogP contribution in [0.3, 0.4) is 0 Å². The highest BCUT2D eigenvalue weighted by molar-refractivity contribution is 5.21. The molecule has 0 radical (unpaired) electrons. The standard InChI is InChI=1S/C16H24FN/c1-3-4-12(2)16(11-18-15-9-10-15)13-5-7-14(17)8-6-13/h5-8,12,15-16,18H,3-4,9-11H2,1-2H3. The Hall–Kier alpha value is -0.890. The van der Waals surface area contributed by atoms with Crippen LogP contribution in [0.15, 0.2) is 24.3 Å². The van der Waals surface area contributed by atoms with Gasteiger partial charge in [0.1, 0.15) is 5.82 Å². The van der Waals surface area contributed by atoms with Gasteiger partial charge in [-0.1, -0.05) is 38.8 Å². The van der Waals surface area contributed by atoms with Crippen LogP contribution in [-0.2, 0) is 0 Å². The lowest BCUT2D eigenvalue weighted by Gasteiger charge is -2.25. The van der Waals surface area contributed by atoms with Gasteiger partial charge in [0, 0.05) is 12.6 Å². The number of benzene rings is 1. The zero-order chi connectivity index (χ0) is 13.0. The minimum absolute atomic E-state index is 0.143. The first-order valence-electron chi connectivity index (χ1n) is 7.19. The largest absolute Gasteiger partial charge is 0.313 e. The maximum Gasteiger partial charge on any atom is 0.123 e. The van der Waals surface area contributed by atoms with E-state index in [1.54, 1.807) is 12.1 Å². The molecule has 1 saturated carbocycles. The van der Waals surface area contributed by atoms with Crippen molar-refractivity contribution in [3.63, 3.8) is 0 Å². The van der Waals surface area contributed by atoms with Crippen LogP contribution in [-0.4, -0.2) is 12.6 Å². The van der Waals surface area contributed by atoms with E-state index in [0.717, 1.165) is 12.6 Å². The van der Waals surface area contributed by atoms with E-state index in [4.69, 9.17) is 0 Å². The minimum atomic E-state index is -0.143. The molecule has 2 unspecified atom stereocenters. The summed E-state index contributed by atoms with van der Waals surface area (Å²) < 4.78 is 13.0. The van der Waals surface area contributed by atoms with Crippen molar-refractivity contribution in [2.45, 2.75) is 51.5 Å². The molecule has 0 aliphatic heterocycles. The molecule has 0 bridgehead atoms. The second kappa shape index (κ2) is 6.33. The molecule has 1 aromatic rings. The number of hydrogen-bond acceptors (Lipinski definition) is 1. The van der Waals surface area contributed by atoms with Gasteiger partial charge in [-0.2, -0.15) is 0 Å². The van der Waals surface area contributed by atoms with Gasteiger partial charge in [0.2, 0.25) is 0 Å². The third-order valence-electron chi connectivity index (χ3n) is 3.93. The number of halogens is 1. The highest BCUT2D eigenvalue weighted by Crippen LogP contribution is 2.29. The summed E-state index contributed by atoms with van der Waals surface area (Å²) in [4.78, 5) is 0. The number of rotatable bonds is 7. The molecule has 1 aromatic carbocycles. The quantitative estimate of drug-likeness (QED) is 0.767. The molecule has 1 N–H and O–H groups in total. The van der Waals surface area contributed by atoms with E-state index in [-0.39, 0.29) is 5.82 Å². The minimum Gasteiger partial charge on any atom is -0.313 e. The van der Waals surface area contributed by atoms with E-state index < -0.39 is 0 Å². The number of hydrogen-bond donors (Lipinski definition) is 1. The van der Waals surface area contributed by atoms with E-state index >= 15 is 0 Å². The molecule has 2 atom stereocenters. The van der Waals surface area contributed by atoms with E-state index in [1.807, 2.05) is 12.1 Å². The summed E-state index contributed by atoms with van der Waals surface area (Å²) in [7, 11) is 0. The average Bonchev–Trinajstić information content (AvgIpc) is 3.16. The van der Waals surface area contributed by atoms with Gasteiger partial charge < -0.3 is 5.32 Å². The lowest BCUT2D eigenvalue weighted by Crippen LogP contribution is -2.27. The smallest absolute Gasteiger partial charge is 0.123 e. The second-order valence-electron chi connectivity index (χ2n) is 5.61. The molecule has 0 aromatic heterocycles. The SMILES string of the molecule is CCCC(C)C(CNC1CC1)c1ccc(F)cc1. The zero-order valence-electron chi connectivity index (χ0n) is 11.5. The lowest BCUT2D eigenvalue weighted by atomic mass is 9.84. The van der Waals surface area contributed by atoms with Crippen LogP contribution < -0.4 is 5.32 Å². The van der Waals surface area contributed by atoms with Crippen molar-refractivity contribution in [1.82, 2.24) is 5.32 Å². The molecular weight excluding hydrogens is 225 g/mol. The predicted molar refractivity (Wildman–Crippen MR) is 74.2 cm³/mol. The average molecular weight is 249 g/mol. The van der Waals surface area contributed by atoms with Crippen molar-refractivity contribution in [3.05, 3.63) is 35.6 Å². The van der Waals surface area contributed by atoms with Gasteiger partial charge in [0.15, 0.2) is 0 Å². The summed E-state index contributed by atoms with van der Waals surface area (Å²) in [6.07, 6.45) is 5.08. The summed E-state index contributed by atoms with van der Waals surface area (Å²) in [6, 6.07) is 7.79. The summed E-state index contributed by atoms with van der Waals surface area (Å²) in [5.41, 5.74) is 1.27. The molecule has 18 heavy (non-hydrogen) atoms. The first-order chi connectivity index (χ1) is 8.70. The fourth-order valence-corrected chi connectivity index (χ4v) is 2.60. The van der Waals surface area contributed by atoms with E-state index in [0.29, 0.717) is 11.8 Å². The molecule has 0 heterocycles. The Morgan fingerprint density at radius 1 is 1.28 bits per heavy atom. The molecule has 0 saturated heterocycles. The third-order valence-corrected chi connectivity index (χ3v) is 3.93. The van der Waals surface area contributed by atoms with Crippen LogP contribution in [0.5, 0.6) is 0 Å². The number of nitrogens with one attached hydrogen (secondary N) is 1. The Bertz CT molecular complexity index is 356. The maximum absolute atomic E-state index is 13.0. The Balaban J connectivity index is 2.03. The topological polar surface area (TPSA) is 12.0 Å². The molecule has 1 aliphatic rings. The van der Waals surface area contributed by atoms with Crippen molar-refractivity contribution < 1.29 is 4.39 Å². The van der Waals surface area contributed by atoms with Crippen LogP contribution in [0, 0.1) is 11.7 Å². The summed E-state index contributed by atoms with van der Waals surface area (Å²) in [5.74, 6) is 1.01. The van der Waals surface area contributed by atoms with Crippen molar-refractivity contribution >= 4 is 0 Å². The van der Waals surface area contributed by atoms with E-state index in [9.17, 15) is 4.39 Å². The highest BCUT2D eigenvalue weighted by Gasteiger charge is 2.24. The van der Waals surface area contributed by atoms with Crippen LogP contribution in [0.4, 0.5) is 4.39 Å². The van der Waals surface area contributed by atoms with E-state index in [1.165, 1.54) is 31.2 Å². The van der Waals surface area contributed by atoms with Crippen LogP contribution in [0.1, 0.15) is 51.0 Å². The first kappa shape index (κ1) is 13.5. The van der Waals surface area contributed by atoms with Gasteiger partial charge in [0.25, 0.3) is 0 Å². The van der Waals surface area contributed by atoms with Crippen molar-refractivity contribution in [3.8, 4) is 0 Å². The summed E-state index contributed by atoms with van der Waals surface area (Å²) >= 11 is 0. The van der Waals surface area contributed by atoms with Gasteiger partial charge in [-0.15, -0.1) is 0 Å². The predicted octanol–water partition coefficient (Wildman–Crippen LogP) is 4.10. The molecule has 1 nitrogen and oxygen atoms in total. The lowest BCUT2D eigenvalue weighted by molar-refractivity contribution is 0.402. The molecule has 100 valence electrons. The van der Waals surface area contributed by atoms with Crippen LogP contribution in [0.25, 0.3) is 0 Å². The Morgan fingerprint density at radius 2 is 1.94 bits per heavy atom. The maximum atomic E-state index is 13.0. The molecular formula is C16H24FN. The third kappa shape index (κ3) is 3.81. The molecule has 1 aliphatic carbocycles. The van der Waals surface area contributed by atoms with Gasteiger partial charge in [-0.25, -0.2) is 4.39 Å². The van der Waals surface area contributed by atoms with Crippen LogP contribution in [0.2, 0.25) is 0 Å². The fourth-order valence-electron chi connectivity index (χ4n) is 2.60. The molecule has 0 spiro atoms. The summed E-state index contributed by atoms with van der Waals surface area (Å²) in [5, 5.41) is 3.62. The first-order valence-corrected chi connectivity index (χ1v) is 7.19. The van der Waals surface area contributed by atoms with Gasteiger partial charge in [-0.05, 0) is 42.4 Å². The molecule has 2 heteroatoms. The van der Waals surface area contributed by atoms with Crippen LogP contribution >= 0.6 is 0 Å². The molecule has 1 fully saturated rings. The van der Waals surface area contributed by atoms with E-state index in [2.05, 4.69) is 19.2 Å². The molecule has 2 rings (SSSR count). The fraction of sp³-hybridized carbons (Fsp3) is 0.625.